The van der Waals surface area contributed by atoms with Gasteiger partial charge in [0.1, 0.15) is 23.3 Å². The molecular weight excluding hydrogens is 518 g/mol. The van der Waals surface area contributed by atoms with E-state index in [2.05, 4.69) is 14.9 Å². The normalized spacial score (nSPS) is 20.5. The van der Waals surface area contributed by atoms with Crippen molar-refractivity contribution in [3.63, 3.8) is 0 Å². The summed E-state index contributed by atoms with van der Waals surface area (Å²) >= 11 is 0. The molecule has 204 valence electrons. The molecule has 2 unspecified atom stereocenters. The number of benzene rings is 2. The summed E-state index contributed by atoms with van der Waals surface area (Å²) in [6.07, 6.45) is 7.45. The Morgan fingerprint density at radius 3 is 2.66 bits per heavy atom. The number of anilines is 2. The van der Waals surface area contributed by atoms with Gasteiger partial charge in [-0.15, -0.1) is 0 Å². The fourth-order valence-corrected chi connectivity index (χ4v) is 6.45. The summed E-state index contributed by atoms with van der Waals surface area (Å²) in [6.45, 7) is 4.80. The zero-order chi connectivity index (χ0) is 28.5. The van der Waals surface area contributed by atoms with Crippen molar-refractivity contribution in [3.8, 4) is 11.1 Å². The molecule has 0 spiro atoms. The fourth-order valence-electron chi connectivity index (χ4n) is 6.45. The number of hydrogen-bond donors (Lipinski definition) is 1. The molecule has 7 rings (SSSR count). The van der Waals surface area contributed by atoms with Crippen LogP contribution in [0.3, 0.4) is 0 Å². The van der Waals surface area contributed by atoms with Crippen LogP contribution in [0.25, 0.3) is 23.3 Å². The number of nitrogens with two attached hydrogens (primary N) is 1. The molecule has 1 amide bonds. The van der Waals surface area contributed by atoms with Crippen molar-refractivity contribution < 1.29 is 18.8 Å². The van der Waals surface area contributed by atoms with Gasteiger partial charge < -0.3 is 20.0 Å². The molecule has 4 aromatic rings. The molecule has 41 heavy (non-hydrogen) atoms. The van der Waals surface area contributed by atoms with E-state index in [1.165, 1.54) is 6.33 Å². The highest BCUT2D eigenvalue weighted by Gasteiger charge is 2.49. The first-order chi connectivity index (χ1) is 19.8. The number of carbonyl (C=O) groups is 3. The fraction of sp³-hybridized carbons (Fsp3) is 0.219. The SMILES string of the molecule is CC1C=c2c(ccc3c2=CC(=O)c2ccccc2-3)C(C)(N2CN(CCc3ccc(C(N)=O)o3)c3cncnc32)C1=O. The molecule has 0 saturated heterocycles. The number of hydrogen-bond acceptors (Lipinski definition) is 8. The van der Waals surface area contributed by atoms with Gasteiger partial charge in [0.15, 0.2) is 23.1 Å². The van der Waals surface area contributed by atoms with E-state index in [0.717, 1.165) is 32.8 Å². The van der Waals surface area contributed by atoms with Gasteiger partial charge in [0, 0.05) is 24.4 Å². The molecule has 3 aliphatic rings. The third-order valence-corrected chi connectivity index (χ3v) is 8.53. The van der Waals surface area contributed by atoms with Crippen LogP contribution < -0.4 is 26.0 Å². The summed E-state index contributed by atoms with van der Waals surface area (Å²) in [7, 11) is 0. The molecule has 1 aliphatic heterocycles. The second-order valence-corrected chi connectivity index (χ2v) is 10.9. The third-order valence-electron chi connectivity index (χ3n) is 8.53. The number of carbonyl (C=O) groups excluding carboxylic acids is 3. The second kappa shape index (κ2) is 8.99. The van der Waals surface area contributed by atoms with Crippen molar-refractivity contribution in [2.24, 2.45) is 11.7 Å². The minimum absolute atomic E-state index is 0.0380. The molecule has 9 heteroatoms. The van der Waals surface area contributed by atoms with Crippen molar-refractivity contribution in [2.45, 2.75) is 25.8 Å². The molecule has 0 fully saturated rings. The van der Waals surface area contributed by atoms with Crippen molar-refractivity contribution >= 4 is 41.1 Å². The Morgan fingerprint density at radius 2 is 1.88 bits per heavy atom. The van der Waals surface area contributed by atoms with Gasteiger partial charge in [-0.25, -0.2) is 9.97 Å². The Morgan fingerprint density at radius 1 is 1.07 bits per heavy atom. The molecule has 2 aliphatic carbocycles. The van der Waals surface area contributed by atoms with Crippen LogP contribution in [0.2, 0.25) is 0 Å². The summed E-state index contributed by atoms with van der Waals surface area (Å²) in [5.41, 5.74) is 8.51. The summed E-state index contributed by atoms with van der Waals surface area (Å²) < 4.78 is 5.58. The highest BCUT2D eigenvalue weighted by atomic mass is 16.3. The maximum Gasteiger partial charge on any atom is 0.284 e. The number of Topliss-reactive ketones (excluding diaryl/α,β-unsaturated/α-hetero) is 2. The predicted octanol–water partition coefficient (Wildman–Crippen LogP) is 2.55. The highest BCUT2D eigenvalue weighted by molar-refractivity contribution is 6.22. The van der Waals surface area contributed by atoms with Gasteiger partial charge in [-0.05, 0) is 52.3 Å². The van der Waals surface area contributed by atoms with Crippen LogP contribution in [0.5, 0.6) is 0 Å². The Balaban J connectivity index is 1.31. The smallest absolute Gasteiger partial charge is 0.284 e. The van der Waals surface area contributed by atoms with Gasteiger partial charge in [-0.2, -0.15) is 0 Å². The van der Waals surface area contributed by atoms with E-state index < -0.39 is 11.4 Å². The van der Waals surface area contributed by atoms with Gasteiger partial charge in [-0.3, -0.25) is 14.4 Å². The van der Waals surface area contributed by atoms with Crippen molar-refractivity contribution in [3.05, 3.63) is 94.1 Å². The molecule has 2 aromatic carbocycles. The minimum atomic E-state index is -1.05. The minimum Gasteiger partial charge on any atom is -0.456 e. The van der Waals surface area contributed by atoms with Crippen LogP contribution in [0.1, 0.15) is 46.1 Å². The number of fused-ring (bicyclic) bond motifs is 6. The number of aromatic nitrogens is 2. The average Bonchev–Trinajstić information content (AvgIpc) is 3.61. The van der Waals surface area contributed by atoms with Crippen LogP contribution in [0, 0.1) is 5.92 Å². The van der Waals surface area contributed by atoms with E-state index in [1.807, 2.05) is 61.2 Å². The lowest BCUT2D eigenvalue weighted by Gasteiger charge is -2.42. The maximum absolute atomic E-state index is 14.1. The highest BCUT2D eigenvalue weighted by Crippen LogP contribution is 2.44. The molecule has 0 saturated carbocycles. The Labute approximate surface area is 235 Å². The summed E-state index contributed by atoms with van der Waals surface area (Å²) in [6, 6.07) is 15.0. The van der Waals surface area contributed by atoms with E-state index in [1.54, 1.807) is 24.4 Å². The molecule has 2 atom stereocenters. The third kappa shape index (κ3) is 3.65. The van der Waals surface area contributed by atoms with Gasteiger partial charge in [0.05, 0.1) is 12.9 Å². The van der Waals surface area contributed by atoms with Gasteiger partial charge in [0.25, 0.3) is 5.91 Å². The Bertz CT molecular complexity index is 1910. The molecule has 3 heterocycles. The molecular formula is C32H27N5O4. The monoisotopic (exact) mass is 545 g/mol. The molecule has 9 nitrogen and oxygen atoms in total. The van der Waals surface area contributed by atoms with Crippen LogP contribution >= 0.6 is 0 Å². The number of primary amides is 1. The standard InChI is InChI=1S/C32H27N5O4/c1-18-13-24-23-14-27(38)22-6-4-3-5-20(22)21(23)8-9-25(24)32(2,29(18)39)37-17-36(26-15-34-16-35-31(26)37)12-11-19-7-10-28(41-19)30(33)40/h3-10,13-16,18H,11-12,17H2,1-2H3,(H2,33,40). The number of ketones is 2. The van der Waals surface area contributed by atoms with Crippen LogP contribution in [-0.4, -0.2) is 40.7 Å². The van der Waals surface area contributed by atoms with Crippen LogP contribution in [0.15, 0.2) is 65.5 Å². The zero-order valence-electron chi connectivity index (χ0n) is 22.6. The molecule has 2 N–H and O–H groups in total. The van der Waals surface area contributed by atoms with E-state index in [9.17, 15) is 14.4 Å². The van der Waals surface area contributed by atoms with Gasteiger partial charge >= 0.3 is 0 Å². The maximum atomic E-state index is 14.1. The lowest BCUT2D eigenvalue weighted by Crippen LogP contribution is -2.59. The molecule has 0 radical (unpaired) electrons. The quantitative estimate of drug-likeness (QED) is 0.406. The van der Waals surface area contributed by atoms with E-state index in [0.29, 0.717) is 36.8 Å². The van der Waals surface area contributed by atoms with Crippen LogP contribution in [0.4, 0.5) is 11.5 Å². The van der Waals surface area contributed by atoms with Gasteiger partial charge in [0.2, 0.25) is 0 Å². The Hall–Kier alpha value is -5.05. The average molecular weight is 546 g/mol. The van der Waals surface area contributed by atoms with E-state index in [4.69, 9.17) is 10.2 Å². The number of furan rings is 1. The summed E-state index contributed by atoms with van der Waals surface area (Å²) in [4.78, 5) is 51.7. The van der Waals surface area contributed by atoms with Crippen molar-refractivity contribution in [1.29, 1.82) is 0 Å². The largest absolute Gasteiger partial charge is 0.456 e. The first-order valence-electron chi connectivity index (χ1n) is 13.5. The number of rotatable bonds is 5. The van der Waals surface area contributed by atoms with E-state index >= 15 is 0 Å². The number of nitrogens with zero attached hydrogens (tertiary/aromatic N) is 4. The second-order valence-electron chi connectivity index (χ2n) is 10.9. The molecule has 0 bridgehead atoms. The number of amides is 1. The zero-order valence-corrected chi connectivity index (χ0v) is 22.6. The first kappa shape index (κ1) is 25.0. The van der Waals surface area contributed by atoms with E-state index in [-0.39, 0.29) is 23.2 Å². The summed E-state index contributed by atoms with van der Waals surface area (Å²) in [5, 5.41) is 1.75. The first-order valence-corrected chi connectivity index (χ1v) is 13.5. The predicted molar refractivity (Wildman–Crippen MR) is 154 cm³/mol. The van der Waals surface area contributed by atoms with Crippen molar-refractivity contribution in [1.82, 2.24) is 9.97 Å². The van der Waals surface area contributed by atoms with Gasteiger partial charge in [-0.1, -0.05) is 49.4 Å². The Kier molecular flexibility index (Phi) is 5.47. The van der Waals surface area contributed by atoms with Crippen molar-refractivity contribution in [2.75, 3.05) is 23.0 Å². The lowest BCUT2D eigenvalue weighted by atomic mass is 9.73. The topological polar surface area (TPSA) is 123 Å². The molecule has 2 aromatic heterocycles. The van der Waals surface area contributed by atoms with Crippen LogP contribution in [-0.2, 0) is 16.8 Å². The summed E-state index contributed by atoms with van der Waals surface area (Å²) in [5.74, 6) is 0.442. The lowest BCUT2D eigenvalue weighted by molar-refractivity contribution is -0.126.